The predicted molar refractivity (Wildman–Crippen MR) is 82.1 cm³/mol. The van der Waals surface area contributed by atoms with Crippen molar-refractivity contribution in [1.29, 1.82) is 0 Å². The second-order valence-corrected chi connectivity index (χ2v) is 5.60. The molecule has 0 saturated heterocycles. The molecule has 0 aromatic heterocycles. The average molecular weight is 267 g/mol. The topological polar surface area (TPSA) is 35.2 Å². The van der Waals surface area contributed by atoms with Crippen molar-refractivity contribution in [2.45, 2.75) is 32.2 Å². The van der Waals surface area contributed by atoms with Crippen LogP contribution in [-0.2, 0) is 12.8 Å². The summed E-state index contributed by atoms with van der Waals surface area (Å²) < 4.78 is 5.53. The Morgan fingerprint density at radius 1 is 1.15 bits per heavy atom. The molecule has 0 radical (unpaired) electrons. The number of nitrogens with two attached hydrogens (primary N) is 1. The van der Waals surface area contributed by atoms with Crippen LogP contribution in [0.1, 0.15) is 34.7 Å². The van der Waals surface area contributed by atoms with Crippen molar-refractivity contribution in [3.8, 4) is 5.75 Å². The van der Waals surface area contributed by atoms with Gasteiger partial charge in [0.15, 0.2) is 0 Å². The zero-order chi connectivity index (χ0) is 13.9. The summed E-state index contributed by atoms with van der Waals surface area (Å²) in [5.74, 6) is 1.03. The van der Waals surface area contributed by atoms with E-state index in [1.54, 1.807) is 0 Å². The second-order valence-electron chi connectivity index (χ2n) is 5.60. The molecular weight excluding hydrogens is 246 g/mol. The maximum absolute atomic E-state index is 6.33. The standard InChI is InChI=1S/C18H21NO/c1-13-2-4-14(5-3-13)6-8-17(19)15-7-9-18-16(12-15)10-11-20-18/h2-5,7,9,12,17H,6,8,10-11,19H2,1H3. The van der Waals surface area contributed by atoms with Gasteiger partial charge < -0.3 is 10.5 Å². The highest BCUT2D eigenvalue weighted by Gasteiger charge is 2.14. The zero-order valence-corrected chi connectivity index (χ0v) is 11.9. The maximum Gasteiger partial charge on any atom is 0.122 e. The van der Waals surface area contributed by atoms with E-state index in [9.17, 15) is 0 Å². The fourth-order valence-corrected chi connectivity index (χ4v) is 2.68. The van der Waals surface area contributed by atoms with Crippen LogP contribution in [-0.4, -0.2) is 6.61 Å². The Hall–Kier alpha value is -1.80. The summed E-state index contributed by atoms with van der Waals surface area (Å²) >= 11 is 0. The molecule has 0 fully saturated rings. The average Bonchev–Trinajstić information content (AvgIpc) is 2.93. The summed E-state index contributed by atoms with van der Waals surface area (Å²) in [6, 6.07) is 15.2. The van der Waals surface area contributed by atoms with E-state index in [-0.39, 0.29) is 6.04 Å². The molecule has 0 spiro atoms. The highest BCUT2D eigenvalue weighted by atomic mass is 16.5. The Balaban J connectivity index is 1.64. The highest BCUT2D eigenvalue weighted by Crippen LogP contribution is 2.28. The molecule has 0 amide bonds. The van der Waals surface area contributed by atoms with Crippen molar-refractivity contribution in [1.82, 2.24) is 0 Å². The minimum Gasteiger partial charge on any atom is -0.493 e. The maximum atomic E-state index is 6.33. The third-order valence-corrected chi connectivity index (χ3v) is 4.01. The molecule has 0 bridgehead atoms. The lowest BCUT2D eigenvalue weighted by Crippen LogP contribution is -2.11. The Kier molecular flexibility index (Phi) is 3.75. The molecule has 3 rings (SSSR count). The Labute approximate surface area is 120 Å². The molecule has 2 nitrogen and oxygen atoms in total. The van der Waals surface area contributed by atoms with Crippen molar-refractivity contribution in [2.75, 3.05) is 6.61 Å². The van der Waals surface area contributed by atoms with Crippen LogP contribution in [0.2, 0.25) is 0 Å². The van der Waals surface area contributed by atoms with Crippen LogP contribution in [0.5, 0.6) is 5.75 Å². The number of ether oxygens (including phenoxy) is 1. The molecule has 1 heterocycles. The van der Waals surface area contributed by atoms with E-state index in [0.717, 1.165) is 31.6 Å². The van der Waals surface area contributed by atoms with E-state index in [1.807, 2.05) is 0 Å². The van der Waals surface area contributed by atoms with E-state index in [0.29, 0.717) is 0 Å². The lowest BCUT2D eigenvalue weighted by molar-refractivity contribution is 0.357. The highest BCUT2D eigenvalue weighted by molar-refractivity contribution is 5.40. The monoisotopic (exact) mass is 267 g/mol. The number of hydrogen-bond acceptors (Lipinski definition) is 2. The zero-order valence-electron chi connectivity index (χ0n) is 11.9. The van der Waals surface area contributed by atoms with Crippen LogP contribution in [0.4, 0.5) is 0 Å². The smallest absolute Gasteiger partial charge is 0.122 e. The van der Waals surface area contributed by atoms with Gasteiger partial charge in [-0.05, 0) is 42.5 Å². The summed E-state index contributed by atoms with van der Waals surface area (Å²) in [6.07, 6.45) is 3.01. The first-order valence-corrected chi connectivity index (χ1v) is 7.29. The van der Waals surface area contributed by atoms with Crippen LogP contribution in [0.25, 0.3) is 0 Å². The molecule has 20 heavy (non-hydrogen) atoms. The summed E-state index contributed by atoms with van der Waals surface area (Å²) in [7, 11) is 0. The number of hydrogen-bond donors (Lipinski definition) is 1. The minimum absolute atomic E-state index is 0.0993. The Bertz CT molecular complexity index is 589. The molecule has 2 aromatic carbocycles. The molecule has 0 saturated carbocycles. The molecule has 1 unspecified atom stereocenters. The van der Waals surface area contributed by atoms with Crippen molar-refractivity contribution in [3.63, 3.8) is 0 Å². The van der Waals surface area contributed by atoms with E-state index in [4.69, 9.17) is 10.5 Å². The van der Waals surface area contributed by atoms with Crippen molar-refractivity contribution in [3.05, 3.63) is 64.7 Å². The van der Waals surface area contributed by atoms with Gasteiger partial charge in [-0.3, -0.25) is 0 Å². The van der Waals surface area contributed by atoms with Crippen molar-refractivity contribution in [2.24, 2.45) is 5.73 Å². The van der Waals surface area contributed by atoms with E-state index >= 15 is 0 Å². The number of benzene rings is 2. The van der Waals surface area contributed by atoms with Gasteiger partial charge in [0.25, 0.3) is 0 Å². The molecule has 2 heteroatoms. The summed E-state index contributed by atoms with van der Waals surface area (Å²) in [5.41, 5.74) is 11.5. The van der Waals surface area contributed by atoms with Gasteiger partial charge in [0.05, 0.1) is 6.61 Å². The van der Waals surface area contributed by atoms with Crippen molar-refractivity contribution >= 4 is 0 Å². The molecule has 2 aromatic rings. The Morgan fingerprint density at radius 2 is 1.95 bits per heavy atom. The van der Waals surface area contributed by atoms with Gasteiger partial charge in [0, 0.05) is 12.5 Å². The fourth-order valence-electron chi connectivity index (χ4n) is 2.68. The summed E-state index contributed by atoms with van der Waals surface area (Å²) in [4.78, 5) is 0. The van der Waals surface area contributed by atoms with Gasteiger partial charge in [-0.15, -0.1) is 0 Å². The molecule has 2 N–H and O–H groups in total. The van der Waals surface area contributed by atoms with Gasteiger partial charge in [0.1, 0.15) is 5.75 Å². The lowest BCUT2D eigenvalue weighted by atomic mass is 9.97. The van der Waals surface area contributed by atoms with Gasteiger partial charge >= 0.3 is 0 Å². The lowest BCUT2D eigenvalue weighted by Gasteiger charge is -2.13. The Morgan fingerprint density at radius 3 is 2.75 bits per heavy atom. The summed E-state index contributed by atoms with van der Waals surface area (Å²) in [6.45, 7) is 2.92. The van der Waals surface area contributed by atoms with Gasteiger partial charge in [-0.2, -0.15) is 0 Å². The number of fused-ring (bicyclic) bond motifs is 1. The second kappa shape index (κ2) is 5.68. The van der Waals surface area contributed by atoms with Crippen LogP contribution in [0, 0.1) is 6.92 Å². The first-order valence-electron chi connectivity index (χ1n) is 7.29. The third-order valence-electron chi connectivity index (χ3n) is 4.01. The normalized spacial score (nSPS) is 14.7. The first-order chi connectivity index (χ1) is 9.72. The van der Waals surface area contributed by atoms with Crippen LogP contribution < -0.4 is 10.5 Å². The van der Waals surface area contributed by atoms with Crippen LogP contribution in [0.3, 0.4) is 0 Å². The van der Waals surface area contributed by atoms with Crippen molar-refractivity contribution < 1.29 is 4.74 Å². The molecule has 1 aliphatic heterocycles. The number of aryl methyl sites for hydroxylation is 2. The van der Waals surface area contributed by atoms with E-state index in [1.165, 1.54) is 22.3 Å². The van der Waals surface area contributed by atoms with Crippen LogP contribution >= 0.6 is 0 Å². The van der Waals surface area contributed by atoms with Crippen LogP contribution in [0.15, 0.2) is 42.5 Å². The van der Waals surface area contributed by atoms with Gasteiger partial charge in [0.2, 0.25) is 0 Å². The van der Waals surface area contributed by atoms with Gasteiger partial charge in [-0.25, -0.2) is 0 Å². The first kappa shape index (κ1) is 13.2. The predicted octanol–water partition coefficient (Wildman–Crippen LogP) is 3.56. The quantitative estimate of drug-likeness (QED) is 0.919. The SMILES string of the molecule is Cc1ccc(CCC(N)c2ccc3c(c2)CCO3)cc1. The molecule has 1 aliphatic rings. The van der Waals surface area contributed by atoms with Gasteiger partial charge in [-0.1, -0.05) is 42.0 Å². The largest absolute Gasteiger partial charge is 0.493 e. The fraction of sp³-hybridized carbons (Fsp3) is 0.333. The molecule has 0 aliphatic carbocycles. The molecular formula is C18H21NO. The number of rotatable bonds is 4. The third kappa shape index (κ3) is 2.86. The molecule has 1 atom stereocenters. The molecule has 104 valence electrons. The van der Waals surface area contributed by atoms with E-state index < -0.39 is 0 Å². The minimum atomic E-state index is 0.0993. The van der Waals surface area contributed by atoms with E-state index in [2.05, 4.69) is 49.4 Å². The summed E-state index contributed by atoms with van der Waals surface area (Å²) in [5, 5.41) is 0.